The van der Waals surface area contributed by atoms with Crippen molar-refractivity contribution in [3.63, 3.8) is 0 Å². The molecule has 1 aliphatic carbocycles. The number of aliphatic hydroxyl groups is 1. The van der Waals surface area contributed by atoms with E-state index in [9.17, 15) is 5.11 Å². The molecule has 24 heavy (non-hydrogen) atoms. The molecule has 0 saturated carbocycles. The van der Waals surface area contributed by atoms with E-state index in [4.69, 9.17) is 11.6 Å². The van der Waals surface area contributed by atoms with Crippen LogP contribution in [0, 0.1) is 0 Å². The lowest BCUT2D eigenvalue weighted by atomic mass is 9.84. The first-order valence-electron chi connectivity index (χ1n) is 8.19. The van der Waals surface area contributed by atoms with Crippen LogP contribution >= 0.6 is 22.9 Å². The highest BCUT2D eigenvalue weighted by molar-refractivity contribution is 7.15. The van der Waals surface area contributed by atoms with Gasteiger partial charge in [-0.15, -0.1) is 11.3 Å². The van der Waals surface area contributed by atoms with E-state index in [0.29, 0.717) is 5.02 Å². The predicted molar refractivity (Wildman–Crippen MR) is 99.6 cm³/mol. The molecule has 2 heterocycles. The second-order valence-electron chi connectivity index (χ2n) is 6.26. The average molecular weight is 356 g/mol. The van der Waals surface area contributed by atoms with E-state index >= 15 is 0 Å². The predicted octanol–water partition coefficient (Wildman–Crippen LogP) is 5.43. The molecule has 2 nitrogen and oxygen atoms in total. The Labute approximate surface area is 150 Å². The molecule has 2 aromatic heterocycles. The Kier molecular flexibility index (Phi) is 4.17. The maximum Gasteiger partial charge on any atom is 0.116 e. The van der Waals surface area contributed by atoms with E-state index in [2.05, 4.69) is 11.1 Å². The first-order chi connectivity index (χ1) is 11.7. The molecule has 0 radical (unpaired) electrons. The number of fused-ring (bicyclic) bond motifs is 1. The summed E-state index contributed by atoms with van der Waals surface area (Å²) in [7, 11) is 0. The Morgan fingerprint density at radius 2 is 1.79 bits per heavy atom. The molecule has 1 aromatic carbocycles. The number of aromatic nitrogens is 1. The van der Waals surface area contributed by atoms with Crippen LogP contribution in [-0.4, -0.2) is 10.1 Å². The summed E-state index contributed by atoms with van der Waals surface area (Å²) in [6.45, 7) is 0. The van der Waals surface area contributed by atoms with E-state index in [1.165, 1.54) is 9.75 Å². The summed E-state index contributed by atoms with van der Waals surface area (Å²) in [5.41, 5.74) is 2.20. The second-order valence-corrected chi connectivity index (χ2v) is 7.83. The largest absolute Gasteiger partial charge is 0.380 e. The Morgan fingerprint density at radius 1 is 1.04 bits per heavy atom. The number of nitrogens with zero attached hydrogens (tertiary/aromatic N) is 1. The van der Waals surface area contributed by atoms with Gasteiger partial charge in [-0.25, -0.2) is 0 Å². The zero-order chi connectivity index (χ0) is 16.6. The van der Waals surface area contributed by atoms with E-state index in [0.717, 1.165) is 42.4 Å². The van der Waals surface area contributed by atoms with Gasteiger partial charge in [-0.3, -0.25) is 4.98 Å². The van der Waals surface area contributed by atoms with Gasteiger partial charge in [-0.05, 0) is 67.1 Å². The minimum Gasteiger partial charge on any atom is -0.380 e. The minimum absolute atomic E-state index is 0.694. The third-order valence-corrected chi connectivity index (χ3v) is 6.23. The topological polar surface area (TPSA) is 33.1 Å². The van der Waals surface area contributed by atoms with Crippen LogP contribution in [0.5, 0.6) is 0 Å². The maximum atomic E-state index is 11.6. The number of aryl methyl sites for hydroxylation is 1. The van der Waals surface area contributed by atoms with Gasteiger partial charge < -0.3 is 5.11 Å². The van der Waals surface area contributed by atoms with Gasteiger partial charge >= 0.3 is 0 Å². The number of halogens is 1. The molecule has 1 atom stereocenters. The molecular weight excluding hydrogens is 338 g/mol. The summed E-state index contributed by atoms with van der Waals surface area (Å²) >= 11 is 7.82. The molecule has 1 unspecified atom stereocenters. The van der Waals surface area contributed by atoms with Gasteiger partial charge in [0.15, 0.2) is 0 Å². The standard InChI is InChI=1S/C20H18ClNOS/c21-16-6-4-15(5-7-16)20(23)10-2-1-3-18-17(20)13-19(24-18)14-8-11-22-12-9-14/h4-9,11-13,23H,1-3,10H2. The monoisotopic (exact) mass is 355 g/mol. The van der Waals surface area contributed by atoms with Gasteiger partial charge in [0.2, 0.25) is 0 Å². The van der Waals surface area contributed by atoms with Crippen LogP contribution in [0.3, 0.4) is 0 Å². The summed E-state index contributed by atoms with van der Waals surface area (Å²) in [5, 5.41) is 12.3. The lowest BCUT2D eigenvalue weighted by Crippen LogP contribution is -2.26. The van der Waals surface area contributed by atoms with Crippen molar-refractivity contribution in [3.8, 4) is 10.4 Å². The molecule has 4 heteroatoms. The van der Waals surface area contributed by atoms with Crippen molar-refractivity contribution < 1.29 is 5.11 Å². The van der Waals surface area contributed by atoms with Crippen molar-refractivity contribution >= 4 is 22.9 Å². The Morgan fingerprint density at radius 3 is 2.54 bits per heavy atom. The van der Waals surface area contributed by atoms with Crippen LogP contribution in [-0.2, 0) is 12.0 Å². The third kappa shape index (κ3) is 2.77. The summed E-state index contributed by atoms with van der Waals surface area (Å²) in [5.74, 6) is 0. The van der Waals surface area contributed by atoms with Gasteiger partial charge in [0, 0.05) is 32.7 Å². The molecule has 3 aromatic rings. The summed E-state index contributed by atoms with van der Waals surface area (Å²) in [6, 6.07) is 13.8. The number of rotatable bonds is 2. The highest BCUT2D eigenvalue weighted by atomic mass is 35.5. The molecule has 0 aliphatic heterocycles. The molecular formula is C20H18ClNOS. The van der Waals surface area contributed by atoms with Gasteiger partial charge in [0.1, 0.15) is 5.60 Å². The molecule has 0 bridgehead atoms. The zero-order valence-electron chi connectivity index (χ0n) is 13.2. The number of hydrogen-bond donors (Lipinski definition) is 1. The number of benzene rings is 1. The van der Waals surface area contributed by atoms with Crippen molar-refractivity contribution in [2.45, 2.75) is 31.3 Å². The zero-order valence-corrected chi connectivity index (χ0v) is 14.8. The van der Waals surface area contributed by atoms with Crippen molar-refractivity contribution in [1.29, 1.82) is 0 Å². The van der Waals surface area contributed by atoms with Crippen molar-refractivity contribution in [3.05, 3.63) is 75.9 Å². The van der Waals surface area contributed by atoms with Gasteiger partial charge in [-0.2, -0.15) is 0 Å². The van der Waals surface area contributed by atoms with Crippen LogP contribution < -0.4 is 0 Å². The summed E-state index contributed by atoms with van der Waals surface area (Å²) < 4.78 is 0. The lowest BCUT2D eigenvalue weighted by Gasteiger charge is -2.28. The minimum atomic E-state index is -0.932. The first kappa shape index (κ1) is 15.8. The Bertz CT molecular complexity index is 844. The van der Waals surface area contributed by atoms with Crippen molar-refractivity contribution in [2.75, 3.05) is 0 Å². The molecule has 0 amide bonds. The fraction of sp³-hybridized carbons (Fsp3) is 0.250. The second kappa shape index (κ2) is 6.32. The van der Waals surface area contributed by atoms with Crippen LogP contribution in [0.4, 0.5) is 0 Å². The first-order valence-corrected chi connectivity index (χ1v) is 9.38. The normalized spacial score (nSPS) is 20.4. The van der Waals surface area contributed by atoms with Crippen LogP contribution in [0.1, 0.15) is 35.3 Å². The average Bonchev–Trinajstić information content (AvgIpc) is 2.98. The van der Waals surface area contributed by atoms with Crippen molar-refractivity contribution in [2.24, 2.45) is 0 Å². The fourth-order valence-corrected chi connectivity index (χ4v) is 4.86. The van der Waals surface area contributed by atoms with Crippen LogP contribution in [0.25, 0.3) is 10.4 Å². The molecule has 4 rings (SSSR count). The fourth-order valence-electron chi connectivity index (χ4n) is 3.45. The number of thiophene rings is 1. The maximum absolute atomic E-state index is 11.6. The summed E-state index contributed by atoms with van der Waals surface area (Å²) in [4.78, 5) is 6.57. The van der Waals surface area contributed by atoms with Gasteiger partial charge in [0.25, 0.3) is 0 Å². The molecule has 0 fully saturated rings. The van der Waals surface area contributed by atoms with E-state index < -0.39 is 5.60 Å². The highest BCUT2D eigenvalue weighted by Crippen LogP contribution is 2.45. The smallest absolute Gasteiger partial charge is 0.116 e. The van der Waals surface area contributed by atoms with Gasteiger partial charge in [0.05, 0.1) is 0 Å². The molecule has 0 saturated heterocycles. The molecule has 1 aliphatic rings. The third-order valence-electron chi connectivity index (χ3n) is 4.73. The Balaban J connectivity index is 1.84. The van der Waals surface area contributed by atoms with Crippen molar-refractivity contribution in [1.82, 2.24) is 4.98 Å². The van der Waals surface area contributed by atoms with Gasteiger partial charge in [-0.1, -0.05) is 23.7 Å². The molecule has 1 N–H and O–H groups in total. The SMILES string of the molecule is OC1(c2ccc(Cl)cc2)CCCCc2sc(-c3ccncc3)cc21. The van der Waals surface area contributed by atoms with Crippen LogP contribution in [0.15, 0.2) is 54.9 Å². The number of pyridine rings is 1. The van der Waals surface area contributed by atoms with E-state index in [1.54, 1.807) is 11.3 Å². The number of hydrogen-bond acceptors (Lipinski definition) is 3. The summed E-state index contributed by atoms with van der Waals surface area (Å²) in [6.07, 6.45) is 7.52. The molecule has 122 valence electrons. The highest BCUT2D eigenvalue weighted by Gasteiger charge is 2.36. The molecule has 0 spiro atoms. The Hall–Kier alpha value is -1.68. The van der Waals surface area contributed by atoms with E-state index in [1.807, 2.05) is 48.8 Å². The van der Waals surface area contributed by atoms with E-state index in [-0.39, 0.29) is 0 Å². The quantitative estimate of drug-likeness (QED) is 0.622. The lowest BCUT2D eigenvalue weighted by molar-refractivity contribution is 0.0709. The van der Waals surface area contributed by atoms with Crippen LogP contribution in [0.2, 0.25) is 5.02 Å².